The van der Waals surface area contributed by atoms with Crippen molar-refractivity contribution in [2.24, 2.45) is 0 Å². The molecule has 0 atom stereocenters. The number of nitrogens with zero attached hydrogens (tertiary/aromatic N) is 3. The summed E-state index contributed by atoms with van der Waals surface area (Å²) in [5.74, 6) is 0.385. The highest BCUT2D eigenvalue weighted by Gasteiger charge is 2.41. The van der Waals surface area contributed by atoms with Crippen LogP contribution in [0.2, 0.25) is 0 Å². The second kappa shape index (κ2) is 8.34. The fourth-order valence-corrected chi connectivity index (χ4v) is 3.82. The Hall–Kier alpha value is -3.35. The Bertz CT molecular complexity index is 879. The first-order chi connectivity index (χ1) is 14.1. The fraction of sp³-hybridized carbons (Fsp3) is 0.318. The first-order valence-corrected chi connectivity index (χ1v) is 9.78. The Morgan fingerprint density at radius 1 is 0.931 bits per heavy atom. The summed E-state index contributed by atoms with van der Waals surface area (Å²) in [7, 11) is 0. The number of likely N-dealkylation sites (tertiary alicyclic amines) is 1. The van der Waals surface area contributed by atoms with E-state index in [0.717, 1.165) is 0 Å². The van der Waals surface area contributed by atoms with Gasteiger partial charge in [-0.25, -0.2) is 9.69 Å². The van der Waals surface area contributed by atoms with Crippen LogP contribution in [0.5, 0.6) is 5.75 Å². The summed E-state index contributed by atoms with van der Waals surface area (Å²) in [6.07, 6.45) is 1.30. The molecule has 2 fully saturated rings. The fourth-order valence-electron chi connectivity index (χ4n) is 3.82. The van der Waals surface area contributed by atoms with Crippen LogP contribution in [0.25, 0.3) is 0 Å². The largest absolute Gasteiger partial charge is 0.484 e. The number of benzene rings is 2. The van der Waals surface area contributed by atoms with Gasteiger partial charge in [0.1, 0.15) is 12.3 Å². The number of amides is 4. The SMILES string of the molecule is O=C(COc1ccccc1)N1CCC(N2CC(=O)N(c3ccccc3)C2=O)CC1. The summed E-state index contributed by atoms with van der Waals surface area (Å²) < 4.78 is 5.53. The molecule has 2 heterocycles. The van der Waals surface area contributed by atoms with Gasteiger partial charge in [0.2, 0.25) is 0 Å². The maximum Gasteiger partial charge on any atom is 0.332 e. The lowest BCUT2D eigenvalue weighted by Crippen LogP contribution is -2.49. The zero-order chi connectivity index (χ0) is 20.2. The summed E-state index contributed by atoms with van der Waals surface area (Å²) in [5, 5.41) is 0. The van der Waals surface area contributed by atoms with Crippen LogP contribution in [0.15, 0.2) is 60.7 Å². The van der Waals surface area contributed by atoms with Crippen molar-refractivity contribution in [1.29, 1.82) is 0 Å². The number of piperidine rings is 1. The molecular formula is C22H23N3O4. The lowest BCUT2D eigenvalue weighted by atomic mass is 10.0. The third-order valence-electron chi connectivity index (χ3n) is 5.37. The normalized spacial score (nSPS) is 17.7. The predicted octanol–water partition coefficient (Wildman–Crippen LogP) is 2.53. The highest BCUT2D eigenvalue weighted by Crippen LogP contribution is 2.26. The Balaban J connectivity index is 1.31. The van der Waals surface area contributed by atoms with Crippen LogP contribution in [-0.4, -0.2) is 59.9 Å². The number of hydrogen-bond donors (Lipinski definition) is 0. The number of carbonyl (C=O) groups excluding carboxylic acids is 3. The van der Waals surface area contributed by atoms with Crippen molar-refractivity contribution in [2.45, 2.75) is 18.9 Å². The molecule has 0 aliphatic carbocycles. The van der Waals surface area contributed by atoms with E-state index in [-0.39, 0.29) is 37.0 Å². The number of para-hydroxylation sites is 2. The molecule has 4 amide bonds. The first-order valence-electron chi connectivity index (χ1n) is 9.78. The Morgan fingerprint density at radius 2 is 1.55 bits per heavy atom. The van der Waals surface area contributed by atoms with Crippen molar-refractivity contribution in [3.8, 4) is 5.75 Å². The van der Waals surface area contributed by atoms with E-state index in [1.165, 1.54) is 4.90 Å². The van der Waals surface area contributed by atoms with Gasteiger partial charge in [-0.2, -0.15) is 0 Å². The van der Waals surface area contributed by atoms with Crippen LogP contribution in [0.1, 0.15) is 12.8 Å². The van der Waals surface area contributed by atoms with E-state index in [4.69, 9.17) is 4.74 Å². The van der Waals surface area contributed by atoms with Crippen molar-refractivity contribution in [2.75, 3.05) is 31.1 Å². The number of rotatable bonds is 5. The van der Waals surface area contributed by atoms with Crippen molar-refractivity contribution < 1.29 is 19.1 Å². The molecule has 2 saturated heterocycles. The molecule has 0 saturated carbocycles. The summed E-state index contributed by atoms with van der Waals surface area (Å²) in [6, 6.07) is 17.9. The summed E-state index contributed by atoms with van der Waals surface area (Å²) in [4.78, 5) is 42.3. The van der Waals surface area contributed by atoms with Crippen molar-refractivity contribution in [3.05, 3.63) is 60.7 Å². The van der Waals surface area contributed by atoms with Crippen LogP contribution in [0.4, 0.5) is 10.5 Å². The quantitative estimate of drug-likeness (QED) is 0.732. The molecule has 0 spiro atoms. The monoisotopic (exact) mass is 393 g/mol. The minimum Gasteiger partial charge on any atom is -0.484 e. The lowest BCUT2D eigenvalue weighted by molar-refractivity contribution is -0.134. The molecule has 2 aromatic carbocycles. The molecule has 2 aliphatic heterocycles. The first kappa shape index (κ1) is 19.0. The molecule has 4 rings (SSSR count). The number of imide groups is 1. The second-order valence-corrected chi connectivity index (χ2v) is 7.19. The molecular weight excluding hydrogens is 370 g/mol. The molecule has 7 heteroatoms. The maximum atomic E-state index is 12.8. The van der Waals surface area contributed by atoms with Gasteiger partial charge >= 0.3 is 6.03 Å². The average Bonchev–Trinajstić information content (AvgIpc) is 3.07. The van der Waals surface area contributed by atoms with Gasteiger partial charge in [0.15, 0.2) is 6.61 Å². The maximum absolute atomic E-state index is 12.8. The molecule has 0 radical (unpaired) electrons. The lowest BCUT2D eigenvalue weighted by Gasteiger charge is -2.36. The Morgan fingerprint density at radius 3 is 2.21 bits per heavy atom. The Labute approximate surface area is 169 Å². The molecule has 150 valence electrons. The third kappa shape index (κ3) is 4.08. The average molecular weight is 393 g/mol. The van der Waals surface area contributed by atoms with Crippen molar-refractivity contribution in [3.63, 3.8) is 0 Å². The Kier molecular flexibility index (Phi) is 5.46. The smallest absolute Gasteiger partial charge is 0.332 e. The van der Waals surface area contributed by atoms with Crippen LogP contribution < -0.4 is 9.64 Å². The minimum atomic E-state index is -0.279. The molecule has 2 aromatic rings. The van der Waals surface area contributed by atoms with Crippen molar-refractivity contribution >= 4 is 23.5 Å². The van der Waals surface area contributed by atoms with Gasteiger partial charge in [0.05, 0.1) is 5.69 Å². The highest BCUT2D eigenvalue weighted by atomic mass is 16.5. The van der Waals surface area contributed by atoms with Gasteiger partial charge in [0, 0.05) is 19.1 Å². The summed E-state index contributed by atoms with van der Waals surface area (Å²) in [6.45, 7) is 1.18. The van der Waals surface area contributed by atoms with Crippen LogP contribution in [-0.2, 0) is 9.59 Å². The van der Waals surface area contributed by atoms with E-state index < -0.39 is 0 Å². The van der Waals surface area contributed by atoms with E-state index in [1.807, 2.05) is 36.4 Å². The topological polar surface area (TPSA) is 70.2 Å². The highest BCUT2D eigenvalue weighted by molar-refractivity contribution is 6.19. The minimum absolute atomic E-state index is 0.00239. The predicted molar refractivity (Wildman–Crippen MR) is 108 cm³/mol. The van der Waals surface area contributed by atoms with Crippen LogP contribution in [0, 0.1) is 0 Å². The van der Waals surface area contributed by atoms with Crippen molar-refractivity contribution in [1.82, 2.24) is 9.80 Å². The number of carbonyl (C=O) groups is 3. The molecule has 0 aromatic heterocycles. The number of anilines is 1. The molecule has 0 unspecified atom stereocenters. The summed E-state index contributed by atoms with van der Waals surface area (Å²) >= 11 is 0. The molecule has 2 aliphatic rings. The van der Waals surface area contributed by atoms with Crippen LogP contribution >= 0.6 is 0 Å². The number of ether oxygens (including phenoxy) is 1. The van der Waals surface area contributed by atoms with E-state index in [0.29, 0.717) is 37.4 Å². The third-order valence-corrected chi connectivity index (χ3v) is 5.37. The van der Waals surface area contributed by atoms with E-state index in [2.05, 4.69) is 0 Å². The van der Waals surface area contributed by atoms with Gasteiger partial charge in [0.25, 0.3) is 11.8 Å². The molecule has 0 bridgehead atoms. The second-order valence-electron chi connectivity index (χ2n) is 7.19. The zero-order valence-corrected chi connectivity index (χ0v) is 16.1. The van der Waals surface area contributed by atoms with Gasteiger partial charge in [-0.05, 0) is 37.1 Å². The van der Waals surface area contributed by atoms with Gasteiger partial charge < -0.3 is 14.5 Å². The standard InChI is InChI=1S/C22H23N3O4/c26-20-15-24(22(28)25(20)18-7-3-1-4-8-18)17-11-13-23(14-12-17)21(27)16-29-19-9-5-2-6-10-19/h1-10,17H,11-16H2. The number of urea groups is 1. The molecule has 29 heavy (non-hydrogen) atoms. The van der Waals surface area contributed by atoms with E-state index in [1.54, 1.807) is 34.1 Å². The van der Waals surface area contributed by atoms with E-state index >= 15 is 0 Å². The van der Waals surface area contributed by atoms with E-state index in [9.17, 15) is 14.4 Å². The molecule has 7 nitrogen and oxygen atoms in total. The van der Waals surface area contributed by atoms with Gasteiger partial charge in [-0.1, -0.05) is 36.4 Å². The zero-order valence-electron chi connectivity index (χ0n) is 16.1. The molecule has 0 N–H and O–H groups in total. The summed E-state index contributed by atoms with van der Waals surface area (Å²) in [5.41, 5.74) is 0.593. The van der Waals surface area contributed by atoms with Crippen LogP contribution in [0.3, 0.4) is 0 Å². The number of hydrogen-bond acceptors (Lipinski definition) is 4. The van der Waals surface area contributed by atoms with Gasteiger partial charge in [-0.3, -0.25) is 9.59 Å². The van der Waals surface area contributed by atoms with Gasteiger partial charge in [-0.15, -0.1) is 0 Å².